The molecule has 82 valence electrons. The van der Waals surface area contributed by atoms with Crippen LogP contribution in [0.4, 0.5) is 0 Å². The molecular weight excluding hydrogens is 204 g/mol. The van der Waals surface area contributed by atoms with E-state index in [-0.39, 0.29) is 11.7 Å². The second-order valence-electron chi connectivity index (χ2n) is 4.13. The van der Waals surface area contributed by atoms with Gasteiger partial charge in [0, 0.05) is 11.3 Å². The number of ether oxygens (including phenoxy) is 1. The fraction of sp³-hybridized carbons (Fsp3) is 0.308. The Labute approximate surface area is 93.0 Å². The molecule has 1 saturated carbocycles. The van der Waals surface area contributed by atoms with Gasteiger partial charge in [-0.1, -0.05) is 12.1 Å². The highest BCUT2D eigenvalue weighted by molar-refractivity contribution is 6.00. The summed E-state index contributed by atoms with van der Waals surface area (Å²) in [7, 11) is 1.60. The van der Waals surface area contributed by atoms with Crippen molar-refractivity contribution in [2.24, 2.45) is 5.92 Å². The molecule has 0 atom stereocenters. The summed E-state index contributed by atoms with van der Waals surface area (Å²) in [5.41, 5.74) is 0.661. The summed E-state index contributed by atoms with van der Waals surface area (Å²) in [6, 6.07) is 7.45. The first-order chi connectivity index (χ1) is 7.79. The topological polar surface area (TPSA) is 39.4 Å². The van der Waals surface area contributed by atoms with E-state index >= 15 is 0 Å². The fourth-order valence-corrected chi connectivity index (χ4v) is 1.87. The Bertz CT molecular complexity index is 549. The number of fused-ring (bicyclic) bond motifs is 1. The van der Waals surface area contributed by atoms with Crippen LogP contribution in [0.25, 0.3) is 11.0 Å². The number of Topliss-reactive ketones (excluding diaryl/α,β-unsaturated/α-hetero) is 1. The molecule has 2 aromatic rings. The molecule has 0 spiro atoms. The van der Waals surface area contributed by atoms with Gasteiger partial charge in [-0.15, -0.1) is 0 Å². The largest absolute Gasteiger partial charge is 0.493 e. The molecule has 0 saturated heterocycles. The summed E-state index contributed by atoms with van der Waals surface area (Å²) >= 11 is 0. The zero-order valence-electron chi connectivity index (χ0n) is 9.03. The number of carbonyl (C=O) groups excluding carboxylic acids is 1. The van der Waals surface area contributed by atoms with Crippen LogP contribution < -0.4 is 4.74 Å². The molecule has 0 aliphatic heterocycles. The fourth-order valence-electron chi connectivity index (χ4n) is 1.87. The van der Waals surface area contributed by atoms with Gasteiger partial charge in [0.1, 0.15) is 0 Å². The van der Waals surface area contributed by atoms with E-state index in [0.717, 1.165) is 18.2 Å². The first kappa shape index (κ1) is 9.46. The van der Waals surface area contributed by atoms with E-state index < -0.39 is 0 Å². The molecule has 1 heterocycles. The van der Waals surface area contributed by atoms with Gasteiger partial charge < -0.3 is 9.15 Å². The number of ketones is 1. The molecule has 3 nitrogen and oxygen atoms in total. The lowest BCUT2D eigenvalue weighted by Crippen LogP contribution is -1.98. The van der Waals surface area contributed by atoms with Crippen LogP contribution in [0.3, 0.4) is 0 Å². The maximum Gasteiger partial charge on any atom is 0.201 e. The Morgan fingerprint density at radius 2 is 2.25 bits per heavy atom. The van der Waals surface area contributed by atoms with Crippen molar-refractivity contribution in [2.45, 2.75) is 12.8 Å². The van der Waals surface area contributed by atoms with Gasteiger partial charge in [0.05, 0.1) is 7.11 Å². The summed E-state index contributed by atoms with van der Waals surface area (Å²) in [5.74, 6) is 1.44. The molecule has 1 fully saturated rings. The Morgan fingerprint density at radius 3 is 2.94 bits per heavy atom. The molecule has 1 aliphatic carbocycles. The minimum Gasteiger partial charge on any atom is -0.493 e. The summed E-state index contributed by atoms with van der Waals surface area (Å²) in [5, 5.41) is 0.920. The molecule has 0 bridgehead atoms. The van der Waals surface area contributed by atoms with Crippen molar-refractivity contribution < 1.29 is 13.9 Å². The summed E-state index contributed by atoms with van der Waals surface area (Å²) in [6.45, 7) is 0. The van der Waals surface area contributed by atoms with E-state index in [1.54, 1.807) is 13.2 Å². The van der Waals surface area contributed by atoms with Crippen molar-refractivity contribution in [3.8, 4) is 5.75 Å². The number of hydrogen-bond acceptors (Lipinski definition) is 3. The second kappa shape index (κ2) is 3.37. The van der Waals surface area contributed by atoms with Crippen molar-refractivity contribution in [1.29, 1.82) is 0 Å². The number of carbonyl (C=O) groups is 1. The Hall–Kier alpha value is -1.77. The predicted octanol–water partition coefficient (Wildman–Crippen LogP) is 3.03. The Balaban J connectivity index is 2.11. The normalized spacial score (nSPS) is 15.3. The van der Waals surface area contributed by atoms with Gasteiger partial charge in [0.2, 0.25) is 5.78 Å². The maximum absolute atomic E-state index is 11.8. The van der Waals surface area contributed by atoms with E-state index in [9.17, 15) is 4.79 Å². The third-order valence-corrected chi connectivity index (χ3v) is 2.92. The molecule has 3 heteroatoms. The van der Waals surface area contributed by atoms with Gasteiger partial charge in [-0.2, -0.15) is 0 Å². The second-order valence-corrected chi connectivity index (χ2v) is 4.13. The predicted molar refractivity (Wildman–Crippen MR) is 59.8 cm³/mol. The van der Waals surface area contributed by atoms with Crippen LogP contribution in [0.2, 0.25) is 0 Å². The number of hydrogen-bond donors (Lipinski definition) is 0. The van der Waals surface area contributed by atoms with Gasteiger partial charge >= 0.3 is 0 Å². The van der Waals surface area contributed by atoms with Crippen molar-refractivity contribution in [3.63, 3.8) is 0 Å². The molecule has 0 N–H and O–H groups in total. The van der Waals surface area contributed by atoms with Crippen LogP contribution in [0, 0.1) is 5.92 Å². The monoisotopic (exact) mass is 216 g/mol. The van der Waals surface area contributed by atoms with Crippen molar-refractivity contribution in [2.75, 3.05) is 7.11 Å². The SMILES string of the molecule is COc1cccc2cc(C(=O)C3CC3)oc12. The Morgan fingerprint density at radius 1 is 1.44 bits per heavy atom. The lowest BCUT2D eigenvalue weighted by atomic mass is 10.2. The zero-order valence-corrected chi connectivity index (χ0v) is 9.03. The molecule has 1 aromatic carbocycles. The number of rotatable bonds is 3. The van der Waals surface area contributed by atoms with Crippen LogP contribution >= 0.6 is 0 Å². The maximum atomic E-state index is 11.8. The highest BCUT2D eigenvalue weighted by Crippen LogP contribution is 2.35. The summed E-state index contributed by atoms with van der Waals surface area (Å²) in [6.07, 6.45) is 1.99. The number of benzene rings is 1. The third kappa shape index (κ3) is 1.40. The number of furan rings is 1. The molecule has 16 heavy (non-hydrogen) atoms. The molecular formula is C13H12O3. The zero-order chi connectivity index (χ0) is 11.1. The van der Waals surface area contributed by atoms with E-state index in [1.165, 1.54) is 0 Å². The minimum absolute atomic E-state index is 0.123. The van der Waals surface area contributed by atoms with Crippen LogP contribution in [0.15, 0.2) is 28.7 Å². The van der Waals surface area contributed by atoms with E-state index in [2.05, 4.69) is 0 Å². The molecule has 3 rings (SSSR count). The van der Waals surface area contributed by atoms with Crippen molar-refractivity contribution in [3.05, 3.63) is 30.0 Å². The van der Waals surface area contributed by atoms with Gasteiger partial charge in [-0.25, -0.2) is 0 Å². The average Bonchev–Trinajstić information content (AvgIpc) is 3.06. The highest BCUT2D eigenvalue weighted by Gasteiger charge is 2.32. The highest BCUT2D eigenvalue weighted by atomic mass is 16.5. The molecule has 1 aromatic heterocycles. The van der Waals surface area contributed by atoms with Crippen molar-refractivity contribution in [1.82, 2.24) is 0 Å². The molecule has 0 radical (unpaired) electrons. The van der Waals surface area contributed by atoms with E-state index in [4.69, 9.17) is 9.15 Å². The lowest BCUT2D eigenvalue weighted by molar-refractivity contribution is 0.0942. The van der Waals surface area contributed by atoms with Crippen LogP contribution in [-0.2, 0) is 0 Å². The van der Waals surface area contributed by atoms with Crippen LogP contribution in [0.5, 0.6) is 5.75 Å². The molecule has 1 aliphatic rings. The lowest BCUT2D eigenvalue weighted by Gasteiger charge is -1.98. The van der Waals surface area contributed by atoms with Crippen LogP contribution in [0.1, 0.15) is 23.4 Å². The number of para-hydroxylation sites is 1. The minimum atomic E-state index is 0.123. The quantitative estimate of drug-likeness (QED) is 0.740. The average molecular weight is 216 g/mol. The first-order valence-electron chi connectivity index (χ1n) is 5.40. The molecule has 0 unspecified atom stereocenters. The first-order valence-corrected chi connectivity index (χ1v) is 5.40. The van der Waals surface area contributed by atoms with Gasteiger partial charge in [0.15, 0.2) is 17.1 Å². The van der Waals surface area contributed by atoms with Crippen molar-refractivity contribution >= 4 is 16.8 Å². The summed E-state index contributed by atoms with van der Waals surface area (Å²) in [4.78, 5) is 11.8. The molecule has 0 amide bonds. The van der Waals surface area contributed by atoms with Gasteiger partial charge in [-0.05, 0) is 25.0 Å². The third-order valence-electron chi connectivity index (χ3n) is 2.92. The van der Waals surface area contributed by atoms with Gasteiger partial charge in [0.25, 0.3) is 0 Å². The van der Waals surface area contributed by atoms with Gasteiger partial charge in [-0.3, -0.25) is 4.79 Å². The Kier molecular flexibility index (Phi) is 1.99. The number of methoxy groups -OCH3 is 1. The van der Waals surface area contributed by atoms with Crippen LogP contribution in [-0.4, -0.2) is 12.9 Å². The summed E-state index contributed by atoms with van der Waals surface area (Å²) < 4.78 is 10.8. The van der Waals surface area contributed by atoms with E-state index in [1.807, 2.05) is 18.2 Å². The van der Waals surface area contributed by atoms with E-state index in [0.29, 0.717) is 17.1 Å². The standard InChI is InChI=1S/C13H12O3/c1-15-10-4-2-3-9-7-11(16-13(9)10)12(14)8-5-6-8/h2-4,7-8H,5-6H2,1H3. The smallest absolute Gasteiger partial charge is 0.201 e.